The molecule has 0 aromatic heterocycles. The molecule has 3 aromatic carbocycles. The van der Waals surface area contributed by atoms with Gasteiger partial charge >= 0.3 is 12.0 Å². The highest BCUT2D eigenvalue weighted by Crippen LogP contribution is 2.40. The number of ether oxygens (including phenoxy) is 3. The van der Waals surface area contributed by atoms with Gasteiger partial charge in [-0.3, -0.25) is 4.79 Å². The molecule has 0 radical (unpaired) electrons. The summed E-state index contributed by atoms with van der Waals surface area (Å²) in [5, 5.41) is 5.95. The van der Waals surface area contributed by atoms with E-state index in [2.05, 4.69) is 10.6 Å². The summed E-state index contributed by atoms with van der Waals surface area (Å²) in [7, 11) is 2.87. The van der Waals surface area contributed by atoms with Gasteiger partial charge < -0.3 is 29.7 Å². The first-order chi connectivity index (χ1) is 20.9. The fourth-order valence-electron chi connectivity index (χ4n) is 6.15. The number of nitrogens with zero attached hydrogens (tertiary/aromatic N) is 1. The molecule has 1 heterocycles. The number of hydrogen-bond donors (Lipinski definition) is 2. The second-order valence-corrected chi connectivity index (χ2v) is 11.3. The van der Waals surface area contributed by atoms with E-state index in [-0.39, 0.29) is 24.4 Å². The minimum atomic E-state index is -0.460. The number of halogens is 1. The fourth-order valence-corrected chi connectivity index (χ4v) is 6.33. The van der Waals surface area contributed by atoms with Crippen molar-refractivity contribution >= 4 is 40.9 Å². The van der Waals surface area contributed by atoms with Crippen LogP contribution in [0.15, 0.2) is 66.7 Å². The maximum atomic E-state index is 13.8. The van der Waals surface area contributed by atoms with Crippen LogP contribution in [0.25, 0.3) is 0 Å². The molecule has 2 N–H and O–H groups in total. The zero-order valence-corrected chi connectivity index (χ0v) is 25.1. The Balaban J connectivity index is 1.25. The average molecular weight is 606 g/mol. The van der Waals surface area contributed by atoms with Gasteiger partial charge in [0.25, 0.3) is 0 Å². The van der Waals surface area contributed by atoms with Crippen LogP contribution in [0.1, 0.15) is 48.0 Å². The number of methoxy groups -OCH3 is 2. The Morgan fingerprint density at radius 3 is 2.42 bits per heavy atom. The number of likely N-dealkylation sites (tertiary alicyclic amines) is 1. The average Bonchev–Trinajstić information content (AvgIpc) is 3.40. The number of benzene rings is 3. The molecule has 3 amide bonds. The van der Waals surface area contributed by atoms with Gasteiger partial charge in [-0.25, -0.2) is 9.59 Å². The largest absolute Gasteiger partial charge is 0.495 e. The van der Waals surface area contributed by atoms with Crippen molar-refractivity contribution in [2.75, 3.05) is 31.5 Å². The Bertz CT molecular complexity index is 1460. The topological polar surface area (TPSA) is 106 Å². The first kappa shape index (κ1) is 30.2. The number of urea groups is 1. The van der Waals surface area contributed by atoms with Crippen LogP contribution in [0, 0.1) is 5.92 Å². The first-order valence-corrected chi connectivity index (χ1v) is 14.9. The van der Waals surface area contributed by atoms with Crippen LogP contribution in [0.3, 0.4) is 0 Å². The van der Waals surface area contributed by atoms with Crippen LogP contribution in [-0.4, -0.2) is 55.7 Å². The fraction of sp³-hybridized carbons (Fsp3) is 0.364. The van der Waals surface area contributed by atoms with Crippen LogP contribution in [0.2, 0.25) is 5.02 Å². The molecule has 0 spiro atoms. The van der Waals surface area contributed by atoms with Crippen LogP contribution >= 0.6 is 11.6 Å². The molecule has 5 rings (SSSR count). The number of carbonyl (C=O) groups excluding carboxylic acids is 3. The molecule has 2 aliphatic rings. The molecule has 1 aliphatic heterocycles. The summed E-state index contributed by atoms with van der Waals surface area (Å²) in [4.78, 5) is 40.2. The van der Waals surface area contributed by atoms with E-state index in [0.29, 0.717) is 46.0 Å². The lowest BCUT2D eigenvalue weighted by molar-refractivity contribution is -0.134. The number of fused-ring (bicyclic) bond motifs is 1. The number of amides is 3. The van der Waals surface area contributed by atoms with Crippen molar-refractivity contribution in [1.82, 2.24) is 4.90 Å². The van der Waals surface area contributed by atoms with Gasteiger partial charge in [-0.15, -0.1) is 0 Å². The minimum Gasteiger partial charge on any atom is -0.495 e. The van der Waals surface area contributed by atoms with E-state index in [4.69, 9.17) is 25.8 Å². The third-order valence-corrected chi connectivity index (χ3v) is 8.52. The number of anilines is 2. The van der Waals surface area contributed by atoms with Gasteiger partial charge in [0, 0.05) is 6.04 Å². The lowest BCUT2D eigenvalue weighted by Crippen LogP contribution is -2.46. The van der Waals surface area contributed by atoms with Gasteiger partial charge in [0.05, 0.1) is 48.6 Å². The number of rotatable bonds is 9. The van der Waals surface area contributed by atoms with Crippen LogP contribution in [0.5, 0.6) is 11.5 Å². The van der Waals surface area contributed by atoms with Crippen molar-refractivity contribution in [3.05, 3.63) is 82.9 Å². The second-order valence-electron chi connectivity index (χ2n) is 10.9. The molecule has 0 bridgehead atoms. The molecular formula is C33H36ClN3O6. The lowest BCUT2D eigenvalue weighted by atomic mass is 9.84. The predicted octanol–water partition coefficient (Wildman–Crippen LogP) is 6.56. The maximum absolute atomic E-state index is 13.8. The van der Waals surface area contributed by atoms with Gasteiger partial charge in [0.15, 0.2) is 0 Å². The molecule has 1 saturated heterocycles. The predicted molar refractivity (Wildman–Crippen MR) is 165 cm³/mol. The first-order valence-electron chi connectivity index (χ1n) is 14.5. The van der Waals surface area contributed by atoms with Crippen molar-refractivity contribution in [1.29, 1.82) is 0 Å². The summed E-state index contributed by atoms with van der Waals surface area (Å²) >= 11 is 6.15. The normalized spacial score (nSPS) is 19.2. The molecule has 43 heavy (non-hydrogen) atoms. The monoisotopic (exact) mass is 605 g/mol. The highest BCUT2D eigenvalue weighted by Gasteiger charge is 2.44. The third kappa shape index (κ3) is 7.22. The van der Waals surface area contributed by atoms with Crippen molar-refractivity contribution < 1.29 is 28.6 Å². The molecule has 1 saturated carbocycles. The Kier molecular flexibility index (Phi) is 9.72. The standard InChI is InChI=1S/C33H36ClN3O6/c1-41-30-17-21(11-16-28(30)36-33(40)35-27-9-5-4-8-26(27)34)18-31(38)37-24(19-23-7-3-6-10-29(23)37)20-43-25-14-12-22(13-15-25)32(39)42-2/h4-5,8-9,11-17,23-24,29H,3,6-7,10,18-20H2,1-2H3,(H2,35,36,40). The van der Waals surface area contributed by atoms with Crippen molar-refractivity contribution in [2.24, 2.45) is 5.92 Å². The van der Waals surface area contributed by atoms with Gasteiger partial charge in [-0.05, 0) is 79.3 Å². The highest BCUT2D eigenvalue weighted by atomic mass is 35.5. The molecule has 3 aromatic rings. The molecule has 2 fully saturated rings. The summed E-state index contributed by atoms with van der Waals surface area (Å²) in [5.74, 6) is 1.20. The zero-order chi connectivity index (χ0) is 30.3. The van der Waals surface area contributed by atoms with Crippen molar-refractivity contribution in [3.63, 3.8) is 0 Å². The van der Waals surface area contributed by atoms with E-state index in [9.17, 15) is 14.4 Å². The minimum absolute atomic E-state index is 0.0442. The molecular weight excluding hydrogens is 570 g/mol. The Labute approximate surface area is 256 Å². The molecule has 3 unspecified atom stereocenters. The number of nitrogens with one attached hydrogen (secondary N) is 2. The van der Waals surface area contributed by atoms with Gasteiger partial charge in [0.1, 0.15) is 18.1 Å². The van der Waals surface area contributed by atoms with Crippen LogP contribution in [-0.2, 0) is 16.0 Å². The summed E-state index contributed by atoms with van der Waals surface area (Å²) < 4.78 is 16.4. The smallest absolute Gasteiger partial charge is 0.337 e. The van der Waals surface area contributed by atoms with Gasteiger partial charge in [-0.2, -0.15) is 0 Å². The van der Waals surface area contributed by atoms with E-state index < -0.39 is 12.0 Å². The van der Waals surface area contributed by atoms with Gasteiger partial charge in [0.2, 0.25) is 5.91 Å². The van der Waals surface area contributed by atoms with Crippen LogP contribution < -0.4 is 20.1 Å². The van der Waals surface area contributed by atoms with E-state index >= 15 is 0 Å². The molecule has 1 aliphatic carbocycles. The SMILES string of the molecule is COC(=O)c1ccc(OCC2CC3CCCCC3N2C(=O)Cc2ccc(NC(=O)Nc3ccccc3Cl)c(OC)c2)cc1. The van der Waals surface area contributed by atoms with E-state index in [1.54, 1.807) is 60.7 Å². The Morgan fingerprint density at radius 1 is 0.930 bits per heavy atom. The number of carbonyl (C=O) groups is 3. The maximum Gasteiger partial charge on any atom is 0.337 e. The Morgan fingerprint density at radius 2 is 1.67 bits per heavy atom. The van der Waals surface area contributed by atoms with E-state index in [0.717, 1.165) is 31.2 Å². The molecule has 226 valence electrons. The van der Waals surface area contributed by atoms with E-state index in [1.165, 1.54) is 20.6 Å². The zero-order valence-electron chi connectivity index (χ0n) is 24.3. The number of esters is 1. The summed E-state index contributed by atoms with van der Waals surface area (Å²) in [6, 6.07) is 18.9. The van der Waals surface area contributed by atoms with E-state index in [1.807, 2.05) is 11.0 Å². The summed E-state index contributed by atoms with van der Waals surface area (Å²) in [5.41, 5.74) is 2.21. The quantitative estimate of drug-likeness (QED) is 0.268. The summed E-state index contributed by atoms with van der Waals surface area (Å²) in [6.45, 7) is 0.378. The van der Waals surface area contributed by atoms with Crippen molar-refractivity contribution in [2.45, 2.75) is 50.6 Å². The Hall–Kier alpha value is -4.24. The molecule has 3 atom stereocenters. The molecule has 9 nitrogen and oxygen atoms in total. The van der Waals surface area contributed by atoms with Gasteiger partial charge in [-0.1, -0.05) is 42.6 Å². The third-order valence-electron chi connectivity index (χ3n) is 8.19. The summed E-state index contributed by atoms with van der Waals surface area (Å²) in [6.07, 6.45) is 5.51. The highest BCUT2D eigenvalue weighted by molar-refractivity contribution is 6.33. The van der Waals surface area contributed by atoms with Crippen molar-refractivity contribution in [3.8, 4) is 11.5 Å². The van der Waals surface area contributed by atoms with Crippen LogP contribution in [0.4, 0.5) is 16.2 Å². The lowest BCUT2D eigenvalue weighted by Gasteiger charge is -2.34. The number of para-hydroxylation sites is 1. The molecule has 10 heteroatoms. The second kappa shape index (κ2) is 13.8. The number of hydrogen-bond acceptors (Lipinski definition) is 6.